The third kappa shape index (κ3) is 2.97. The summed E-state index contributed by atoms with van der Waals surface area (Å²) in [5.74, 6) is -2.64. The van der Waals surface area contributed by atoms with E-state index in [4.69, 9.17) is 16.1 Å². The van der Waals surface area contributed by atoms with Gasteiger partial charge >= 0.3 is 12.3 Å². The summed E-state index contributed by atoms with van der Waals surface area (Å²) in [5.41, 5.74) is 3.37. The van der Waals surface area contributed by atoms with Crippen molar-refractivity contribution in [3.63, 3.8) is 0 Å². The summed E-state index contributed by atoms with van der Waals surface area (Å²) in [4.78, 5) is 13.8. The predicted octanol–water partition coefficient (Wildman–Crippen LogP) is 1.13. The highest BCUT2D eigenvalue weighted by Gasteiger charge is 2.32. The Morgan fingerprint density at radius 1 is 1.59 bits per heavy atom. The van der Waals surface area contributed by atoms with Gasteiger partial charge in [-0.1, -0.05) is 0 Å². The van der Waals surface area contributed by atoms with E-state index < -0.39 is 35.2 Å². The van der Waals surface area contributed by atoms with E-state index in [1.165, 1.54) is 6.07 Å². The van der Waals surface area contributed by atoms with Crippen molar-refractivity contribution in [1.82, 2.24) is 4.98 Å². The van der Waals surface area contributed by atoms with E-state index in [9.17, 15) is 18.0 Å². The molecule has 0 atom stereocenters. The molecular formula is C8H4F3N3O3. The van der Waals surface area contributed by atoms with Gasteiger partial charge in [0.05, 0.1) is 11.3 Å². The smallest absolute Gasteiger partial charge is 0.478 e. The Hall–Kier alpha value is -2.50. The van der Waals surface area contributed by atoms with Crippen LogP contribution in [0.15, 0.2) is 6.07 Å². The molecular weight excluding hydrogens is 243 g/mol. The largest absolute Gasteiger partial charge is 0.574 e. The number of anilines is 1. The molecule has 0 aromatic carbocycles. The lowest BCUT2D eigenvalue weighted by Crippen LogP contribution is -2.19. The molecule has 0 saturated carbocycles. The third-order valence-corrected chi connectivity index (χ3v) is 1.59. The van der Waals surface area contributed by atoms with Crippen LogP contribution < -0.4 is 10.5 Å². The minimum absolute atomic E-state index is 0.492. The number of hydrogen-bond donors (Lipinski definition) is 2. The molecule has 0 aliphatic heterocycles. The van der Waals surface area contributed by atoms with Gasteiger partial charge in [-0.3, -0.25) is 0 Å². The van der Waals surface area contributed by atoms with Crippen molar-refractivity contribution in [2.75, 3.05) is 5.73 Å². The molecule has 0 amide bonds. The lowest BCUT2D eigenvalue weighted by Gasteiger charge is -2.10. The molecule has 1 rings (SSSR count). The van der Waals surface area contributed by atoms with E-state index in [0.29, 0.717) is 6.07 Å². The van der Waals surface area contributed by atoms with Gasteiger partial charge in [-0.2, -0.15) is 5.26 Å². The molecule has 1 heterocycles. The number of nitrogen functional groups attached to an aromatic ring is 1. The molecule has 0 aliphatic rings. The fourth-order valence-corrected chi connectivity index (χ4v) is 0.965. The second-order valence-corrected chi connectivity index (χ2v) is 2.74. The molecule has 0 saturated heterocycles. The van der Waals surface area contributed by atoms with Crippen molar-refractivity contribution < 1.29 is 27.8 Å². The fraction of sp³-hybridized carbons (Fsp3) is 0.125. The van der Waals surface area contributed by atoms with E-state index in [1.54, 1.807) is 0 Å². The van der Waals surface area contributed by atoms with Crippen LogP contribution in [0, 0.1) is 11.3 Å². The predicted molar refractivity (Wildman–Crippen MR) is 47.0 cm³/mol. The Kier molecular flexibility index (Phi) is 3.08. The van der Waals surface area contributed by atoms with Gasteiger partial charge in [-0.15, -0.1) is 13.2 Å². The minimum atomic E-state index is -5.04. The topological polar surface area (TPSA) is 109 Å². The quantitative estimate of drug-likeness (QED) is 0.810. The Labute approximate surface area is 92.0 Å². The van der Waals surface area contributed by atoms with Crippen LogP contribution in [0.5, 0.6) is 5.88 Å². The lowest BCUT2D eigenvalue weighted by atomic mass is 10.2. The number of carboxylic acid groups (broad SMARTS) is 1. The molecule has 0 spiro atoms. The van der Waals surface area contributed by atoms with Gasteiger partial charge in [0.15, 0.2) is 5.69 Å². The second-order valence-electron chi connectivity index (χ2n) is 2.74. The second kappa shape index (κ2) is 4.17. The highest BCUT2D eigenvalue weighted by Crippen LogP contribution is 2.25. The zero-order valence-electron chi connectivity index (χ0n) is 7.95. The molecule has 9 heteroatoms. The van der Waals surface area contributed by atoms with Gasteiger partial charge in [-0.25, -0.2) is 9.78 Å². The van der Waals surface area contributed by atoms with Gasteiger partial charge < -0.3 is 15.6 Å². The third-order valence-electron chi connectivity index (χ3n) is 1.59. The number of rotatable bonds is 2. The minimum Gasteiger partial charge on any atom is -0.478 e. The van der Waals surface area contributed by atoms with Crippen molar-refractivity contribution in [2.45, 2.75) is 6.36 Å². The van der Waals surface area contributed by atoms with Crippen molar-refractivity contribution in [2.24, 2.45) is 0 Å². The monoisotopic (exact) mass is 247 g/mol. The van der Waals surface area contributed by atoms with Gasteiger partial charge in [0.25, 0.3) is 0 Å². The van der Waals surface area contributed by atoms with Gasteiger partial charge in [0.1, 0.15) is 6.07 Å². The summed E-state index contributed by atoms with van der Waals surface area (Å²) in [6.07, 6.45) is -5.04. The maximum atomic E-state index is 11.9. The molecule has 90 valence electrons. The number of aromatic nitrogens is 1. The number of ether oxygens (including phenoxy) is 1. The number of halogens is 3. The number of carbonyl (C=O) groups is 1. The average Bonchev–Trinajstić information content (AvgIpc) is 2.17. The zero-order chi connectivity index (χ0) is 13.2. The van der Waals surface area contributed by atoms with Crippen LogP contribution in [0.1, 0.15) is 16.1 Å². The maximum Gasteiger partial charge on any atom is 0.574 e. The summed E-state index contributed by atoms with van der Waals surface area (Å²) >= 11 is 0. The first-order chi connectivity index (χ1) is 7.74. The summed E-state index contributed by atoms with van der Waals surface area (Å²) in [7, 11) is 0. The lowest BCUT2D eigenvalue weighted by molar-refractivity contribution is -0.276. The number of nitrogens with zero attached hydrogens (tertiary/aromatic N) is 2. The SMILES string of the molecule is N#Cc1nc(OC(F)(F)F)cc(C(=O)O)c1N. The van der Waals surface area contributed by atoms with E-state index in [1.807, 2.05) is 0 Å². The number of nitrogens with two attached hydrogens (primary N) is 1. The van der Waals surface area contributed by atoms with Crippen LogP contribution >= 0.6 is 0 Å². The number of alkyl halides is 3. The number of nitriles is 1. The first-order valence-corrected chi connectivity index (χ1v) is 3.94. The Morgan fingerprint density at radius 2 is 2.18 bits per heavy atom. The zero-order valence-corrected chi connectivity index (χ0v) is 7.95. The van der Waals surface area contributed by atoms with Crippen LogP contribution in [0.4, 0.5) is 18.9 Å². The van der Waals surface area contributed by atoms with Crippen LogP contribution in [0.25, 0.3) is 0 Å². The van der Waals surface area contributed by atoms with E-state index >= 15 is 0 Å². The number of pyridine rings is 1. The summed E-state index contributed by atoms with van der Waals surface area (Å²) in [6.45, 7) is 0. The van der Waals surface area contributed by atoms with Crippen LogP contribution in [-0.2, 0) is 0 Å². The highest BCUT2D eigenvalue weighted by atomic mass is 19.4. The van der Waals surface area contributed by atoms with E-state index in [2.05, 4.69) is 9.72 Å². The molecule has 17 heavy (non-hydrogen) atoms. The Morgan fingerprint density at radius 3 is 2.59 bits per heavy atom. The summed E-state index contributed by atoms with van der Waals surface area (Å²) in [6, 6.07) is 1.86. The Balaban J connectivity index is 3.32. The van der Waals surface area contributed by atoms with Gasteiger partial charge in [0.2, 0.25) is 5.88 Å². The van der Waals surface area contributed by atoms with Crippen molar-refractivity contribution in [1.29, 1.82) is 5.26 Å². The molecule has 3 N–H and O–H groups in total. The molecule has 0 bridgehead atoms. The standard InChI is InChI=1S/C8H4F3N3O3/c9-8(10,11)17-5-1-3(7(15)16)6(13)4(2-12)14-5/h1H,13H2,(H,15,16). The molecule has 0 unspecified atom stereocenters. The van der Waals surface area contributed by atoms with Gasteiger partial charge in [-0.05, 0) is 0 Å². The van der Waals surface area contributed by atoms with Crippen LogP contribution in [0.2, 0.25) is 0 Å². The number of hydrogen-bond acceptors (Lipinski definition) is 5. The molecule has 1 aromatic rings. The first kappa shape index (κ1) is 12.6. The number of carboxylic acids is 1. The van der Waals surface area contributed by atoms with Crippen LogP contribution in [0.3, 0.4) is 0 Å². The van der Waals surface area contributed by atoms with Gasteiger partial charge in [0, 0.05) is 6.07 Å². The maximum absolute atomic E-state index is 11.9. The molecule has 0 radical (unpaired) electrons. The first-order valence-electron chi connectivity index (χ1n) is 3.94. The number of aromatic carboxylic acids is 1. The van der Waals surface area contributed by atoms with E-state index in [-0.39, 0.29) is 0 Å². The highest BCUT2D eigenvalue weighted by molar-refractivity contribution is 5.94. The molecule has 6 nitrogen and oxygen atoms in total. The van der Waals surface area contributed by atoms with Crippen LogP contribution in [-0.4, -0.2) is 22.4 Å². The summed E-state index contributed by atoms with van der Waals surface area (Å²) < 4.78 is 39.1. The van der Waals surface area contributed by atoms with Crippen molar-refractivity contribution in [3.8, 4) is 11.9 Å². The Bertz CT molecular complexity index is 507. The van der Waals surface area contributed by atoms with Crippen molar-refractivity contribution >= 4 is 11.7 Å². The fourth-order valence-electron chi connectivity index (χ4n) is 0.965. The summed E-state index contributed by atoms with van der Waals surface area (Å²) in [5, 5.41) is 17.2. The molecule has 0 aliphatic carbocycles. The molecule has 1 aromatic heterocycles. The van der Waals surface area contributed by atoms with Crippen molar-refractivity contribution in [3.05, 3.63) is 17.3 Å². The average molecular weight is 247 g/mol. The molecule has 0 fully saturated rings. The normalized spacial score (nSPS) is 10.7. The van der Waals surface area contributed by atoms with E-state index in [0.717, 1.165) is 0 Å².